The first-order valence-electron chi connectivity index (χ1n) is 7.67. The van der Waals surface area contributed by atoms with Gasteiger partial charge in [0.2, 0.25) is 0 Å². The van der Waals surface area contributed by atoms with Crippen molar-refractivity contribution in [2.75, 3.05) is 19.7 Å². The normalized spacial score (nSPS) is 17.2. The highest BCUT2D eigenvalue weighted by Gasteiger charge is 2.18. The van der Waals surface area contributed by atoms with Crippen LogP contribution in [0.1, 0.15) is 33.3 Å². The van der Waals surface area contributed by atoms with Gasteiger partial charge in [0.15, 0.2) is 5.78 Å². The number of carbonyl (C=O) groups excluding carboxylic acids is 1. The van der Waals surface area contributed by atoms with E-state index in [0.29, 0.717) is 24.3 Å². The SMILES string of the molecule is N#Cc1ccnc(C(=O)Cc2ccc([C@@H]3CNCCO3)cc2F)c1. The van der Waals surface area contributed by atoms with Gasteiger partial charge in [-0.3, -0.25) is 9.78 Å². The third-order valence-electron chi connectivity index (χ3n) is 3.90. The van der Waals surface area contributed by atoms with Crippen LogP contribution < -0.4 is 5.32 Å². The quantitative estimate of drug-likeness (QED) is 0.872. The van der Waals surface area contributed by atoms with E-state index in [4.69, 9.17) is 10.00 Å². The molecule has 0 aliphatic carbocycles. The van der Waals surface area contributed by atoms with Gasteiger partial charge in [-0.2, -0.15) is 5.26 Å². The van der Waals surface area contributed by atoms with Crippen LogP contribution in [0.2, 0.25) is 0 Å². The first kappa shape index (κ1) is 16.2. The van der Waals surface area contributed by atoms with Crippen LogP contribution in [0.4, 0.5) is 4.39 Å². The molecule has 1 aromatic heterocycles. The number of nitriles is 1. The third-order valence-corrected chi connectivity index (χ3v) is 3.90. The van der Waals surface area contributed by atoms with E-state index in [1.165, 1.54) is 24.4 Å². The summed E-state index contributed by atoms with van der Waals surface area (Å²) in [4.78, 5) is 16.2. The molecule has 0 unspecified atom stereocenters. The van der Waals surface area contributed by atoms with Gasteiger partial charge in [-0.1, -0.05) is 12.1 Å². The number of morpholine rings is 1. The molecule has 3 rings (SSSR count). The van der Waals surface area contributed by atoms with E-state index in [-0.39, 0.29) is 24.0 Å². The minimum Gasteiger partial charge on any atom is -0.371 e. The summed E-state index contributed by atoms with van der Waals surface area (Å²) in [7, 11) is 0. The number of aromatic nitrogens is 1. The summed E-state index contributed by atoms with van der Waals surface area (Å²) in [6, 6.07) is 9.69. The van der Waals surface area contributed by atoms with Crippen LogP contribution >= 0.6 is 0 Å². The minimum absolute atomic E-state index is 0.0994. The summed E-state index contributed by atoms with van der Waals surface area (Å²) >= 11 is 0. The summed E-state index contributed by atoms with van der Waals surface area (Å²) in [5.74, 6) is -0.763. The fourth-order valence-electron chi connectivity index (χ4n) is 2.60. The molecule has 0 spiro atoms. The molecule has 1 aromatic carbocycles. The fraction of sp³-hybridized carbons (Fsp3) is 0.278. The van der Waals surface area contributed by atoms with Crippen LogP contribution in [-0.4, -0.2) is 30.5 Å². The molecule has 6 heteroatoms. The lowest BCUT2D eigenvalue weighted by atomic mass is 10.0. The molecule has 24 heavy (non-hydrogen) atoms. The third kappa shape index (κ3) is 3.65. The van der Waals surface area contributed by atoms with Gasteiger partial charge >= 0.3 is 0 Å². The zero-order chi connectivity index (χ0) is 16.9. The maximum atomic E-state index is 14.3. The van der Waals surface area contributed by atoms with Crippen molar-refractivity contribution < 1.29 is 13.9 Å². The lowest BCUT2D eigenvalue weighted by Gasteiger charge is -2.24. The van der Waals surface area contributed by atoms with E-state index in [2.05, 4.69) is 10.3 Å². The average Bonchev–Trinajstić information content (AvgIpc) is 2.64. The molecule has 0 saturated carbocycles. The van der Waals surface area contributed by atoms with E-state index < -0.39 is 5.82 Å². The number of nitrogens with one attached hydrogen (secondary N) is 1. The molecule has 1 saturated heterocycles. The molecular weight excluding hydrogens is 309 g/mol. The van der Waals surface area contributed by atoms with Crippen molar-refractivity contribution in [3.05, 3.63) is 64.7 Å². The van der Waals surface area contributed by atoms with Crippen LogP contribution in [0, 0.1) is 17.1 Å². The predicted molar refractivity (Wildman–Crippen MR) is 84.9 cm³/mol. The Morgan fingerprint density at radius 1 is 1.42 bits per heavy atom. The van der Waals surface area contributed by atoms with E-state index >= 15 is 0 Å². The summed E-state index contributed by atoms with van der Waals surface area (Å²) < 4.78 is 19.9. The number of Topliss-reactive ketones (excluding diaryl/α,β-unsaturated/α-hetero) is 1. The Morgan fingerprint density at radius 2 is 2.29 bits per heavy atom. The Balaban J connectivity index is 1.75. The second kappa shape index (κ2) is 7.30. The monoisotopic (exact) mass is 325 g/mol. The van der Waals surface area contributed by atoms with E-state index in [0.717, 1.165) is 12.1 Å². The number of halogens is 1. The van der Waals surface area contributed by atoms with Gasteiger partial charge in [0.1, 0.15) is 11.5 Å². The van der Waals surface area contributed by atoms with Crippen molar-refractivity contribution in [3.8, 4) is 6.07 Å². The molecule has 2 heterocycles. The van der Waals surface area contributed by atoms with Crippen LogP contribution in [-0.2, 0) is 11.2 Å². The number of benzene rings is 1. The lowest BCUT2D eigenvalue weighted by molar-refractivity contribution is 0.0275. The minimum atomic E-state index is -0.438. The maximum absolute atomic E-state index is 14.3. The van der Waals surface area contributed by atoms with Gasteiger partial charge in [-0.05, 0) is 29.3 Å². The summed E-state index contributed by atoms with van der Waals surface area (Å²) in [5.41, 5.74) is 1.57. The Bertz CT molecular complexity index is 795. The first-order chi connectivity index (χ1) is 11.7. The average molecular weight is 325 g/mol. The zero-order valence-corrected chi connectivity index (χ0v) is 13.0. The molecule has 2 aromatic rings. The van der Waals surface area contributed by atoms with Crippen LogP contribution in [0.25, 0.3) is 0 Å². The molecule has 122 valence electrons. The number of nitrogens with zero attached hydrogens (tertiary/aromatic N) is 2. The zero-order valence-electron chi connectivity index (χ0n) is 13.0. The number of ketones is 1. The van der Waals surface area contributed by atoms with Gasteiger partial charge in [-0.25, -0.2) is 4.39 Å². The Kier molecular flexibility index (Phi) is 4.94. The largest absolute Gasteiger partial charge is 0.371 e. The highest BCUT2D eigenvalue weighted by atomic mass is 19.1. The smallest absolute Gasteiger partial charge is 0.185 e. The summed E-state index contributed by atoms with van der Waals surface area (Å²) in [6.45, 7) is 2.02. The second-order valence-electron chi connectivity index (χ2n) is 5.56. The number of rotatable bonds is 4. The molecule has 5 nitrogen and oxygen atoms in total. The molecular formula is C18H16FN3O2. The number of ether oxygens (including phenoxy) is 1. The first-order valence-corrected chi connectivity index (χ1v) is 7.67. The van der Waals surface area contributed by atoms with Gasteiger partial charge in [0, 0.05) is 25.7 Å². The molecule has 1 fully saturated rings. The highest BCUT2D eigenvalue weighted by molar-refractivity contribution is 5.96. The topological polar surface area (TPSA) is 75.0 Å². The van der Waals surface area contributed by atoms with Crippen molar-refractivity contribution >= 4 is 5.78 Å². The van der Waals surface area contributed by atoms with Crippen molar-refractivity contribution in [2.45, 2.75) is 12.5 Å². The van der Waals surface area contributed by atoms with Gasteiger partial charge in [0.05, 0.1) is 24.3 Å². The van der Waals surface area contributed by atoms with Crippen molar-refractivity contribution in [3.63, 3.8) is 0 Å². The van der Waals surface area contributed by atoms with Crippen LogP contribution in [0.3, 0.4) is 0 Å². The standard InChI is InChI=1S/C18H16FN3O2/c19-15-8-14(18-11-21-5-6-24-18)2-1-13(15)9-17(23)16-7-12(10-20)3-4-22-16/h1-4,7-8,18,21H,5-6,9,11H2/t18-/m0/s1. The van der Waals surface area contributed by atoms with Crippen LogP contribution in [0.15, 0.2) is 36.5 Å². The highest BCUT2D eigenvalue weighted by Crippen LogP contribution is 2.22. The lowest BCUT2D eigenvalue weighted by Crippen LogP contribution is -2.33. The van der Waals surface area contributed by atoms with Crippen molar-refractivity contribution in [1.29, 1.82) is 5.26 Å². The second-order valence-corrected chi connectivity index (χ2v) is 5.56. The van der Waals surface area contributed by atoms with Crippen LogP contribution in [0.5, 0.6) is 0 Å². The Hall–Kier alpha value is -2.62. The Labute approximate surface area is 139 Å². The fourth-order valence-corrected chi connectivity index (χ4v) is 2.60. The number of hydrogen-bond donors (Lipinski definition) is 1. The van der Waals surface area contributed by atoms with E-state index in [1.54, 1.807) is 12.1 Å². The summed E-state index contributed by atoms with van der Waals surface area (Å²) in [5, 5.41) is 12.1. The number of pyridine rings is 1. The van der Waals surface area contributed by atoms with Gasteiger partial charge in [0.25, 0.3) is 0 Å². The Morgan fingerprint density at radius 3 is 3.00 bits per heavy atom. The van der Waals surface area contributed by atoms with Crippen molar-refractivity contribution in [2.24, 2.45) is 0 Å². The number of carbonyl (C=O) groups is 1. The molecule has 1 N–H and O–H groups in total. The van der Waals surface area contributed by atoms with Gasteiger partial charge < -0.3 is 10.1 Å². The summed E-state index contributed by atoms with van der Waals surface area (Å²) in [6.07, 6.45) is 1.13. The predicted octanol–water partition coefficient (Wildman–Crippen LogP) is 2.18. The molecule has 1 aliphatic heterocycles. The number of hydrogen-bond acceptors (Lipinski definition) is 5. The van der Waals surface area contributed by atoms with Crippen molar-refractivity contribution in [1.82, 2.24) is 10.3 Å². The molecule has 1 atom stereocenters. The van der Waals surface area contributed by atoms with Gasteiger partial charge in [-0.15, -0.1) is 0 Å². The molecule has 1 aliphatic rings. The molecule has 0 amide bonds. The van der Waals surface area contributed by atoms with E-state index in [1.807, 2.05) is 6.07 Å². The maximum Gasteiger partial charge on any atom is 0.185 e. The molecule has 0 bridgehead atoms. The van der Waals surface area contributed by atoms with E-state index in [9.17, 15) is 9.18 Å². The molecule has 0 radical (unpaired) electrons.